The quantitative estimate of drug-likeness (QED) is 0.522. The van der Waals surface area contributed by atoms with E-state index in [1.807, 2.05) is 0 Å². The maximum Gasteiger partial charge on any atom is 0.418 e. The number of Topliss-reactive ketones (excluding diaryl/α,β-unsaturated/α-hetero) is 1. The third-order valence-electron chi connectivity index (χ3n) is 6.82. The van der Waals surface area contributed by atoms with E-state index in [9.17, 15) is 22.8 Å². The first-order valence-electron chi connectivity index (χ1n) is 10.6. The van der Waals surface area contributed by atoms with Crippen molar-refractivity contribution in [2.24, 2.45) is 5.92 Å². The third kappa shape index (κ3) is 3.24. The van der Waals surface area contributed by atoms with Crippen molar-refractivity contribution in [3.8, 4) is 0 Å². The number of anilines is 1. The number of amides is 1. The summed E-state index contributed by atoms with van der Waals surface area (Å²) in [7, 11) is 1.66. The van der Waals surface area contributed by atoms with Crippen LogP contribution in [0.1, 0.15) is 33.0 Å². The third-order valence-corrected chi connectivity index (χ3v) is 7.07. The molecule has 3 atom stereocenters. The van der Waals surface area contributed by atoms with Crippen molar-refractivity contribution in [2.45, 2.75) is 17.6 Å². The summed E-state index contributed by atoms with van der Waals surface area (Å²) in [6.07, 6.45) is -1.73. The number of nitrogens with zero attached hydrogens (tertiary/aromatic N) is 2. The van der Waals surface area contributed by atoms with Gasteiger partial charge in [0.25, 0.3) is 0 Å². The number of hydrogen-bond donors (Lipinski definition) is 1. The largest absolute Gasteiger partial charge is 0.418 e. The molecule has 9 heteroatoms. The lowest BCUT2D eigenvalue weighted by molar-refractivity contribution is -0.136. The van der Waals surface area contributed by atoms with Gasteiger partial charge in [-0.05, 0) is 42.9 Å². The predicted octanol–water partition coefficient (Wildman–Crippen LogP) is 5.13. The number of para-hydroxylation sites is 1. The molecular formula is C25H19ClF3N3O2. The average molecular weight is 486 g/mol. The highest BCUT2D eigenvalue weighted by molar-refractivity contribution is 6.30. The van der Waals surface area contributed by atoms with E-state index in [2.05, 4.69) is 10.3 Å². The number of alkyl halides is 3. The molecule has 1 saturated heterocycles. The number of pyridine rings is 1. The number of likely N-dealkylation sites (N-methyl/N-ethyl adjacent to an activating group) is 1. The molecule has 34 heavy (non-hydrogen) atoms. The fourth-order valence-corrected chi connectivity index (χ4v) is 5.53. The number of nitrogens with one attached hydrogen (secondary N) is 1. The maximum atomic E-state index is 13.9. The molecule has 1 amide bonds. The standard InChI is InChI=1S/C25H19ClF3N3O2/c1-32-13-17(14-7-9-16(26)10-8-14)20(22(33)15-4-3-11-30-12-15)24(32)18-5-2-6-19(25(27,28)29)21(18)31-23(24)34/h2-12,17,20H,13H2,1H3,(H,31,34)/t17-,20?,24-/m1/s1. The lowest BCUT2D eigenvalue weighted by Gasteiger charge is -2.35. The van der Waals surface area contributed by atoms with Crippen molar-refractivity contribution < 1.29 is 22.8 Å². The van der Waals surface area contributed by atoms with E-state index in [1.165, 1.54) is 24.5 Å². The van der Waals surface area contributed by atoms with E-state index < -0.39 is 35.0 Å². The zero-order valence-corrected chi connectivity index (χ0v) is 18.7. The molecule has 0 bridgehead atoms. The van der Waals surface area contributed by atoms with Gasteiger partial charge in [0.2, 0.25) is 5.91 Å². The second kappa shape index (κ2) is 7.92. The Morgan fingerprint density at radius 2 is 1.88 bits per heavy atom. The summed E-state index contributed by atoms with van der Waals surface area (Å²) in [6.45, 7) is 0.279. The van der Waals surface area contributed by atoms with Crippen LogP contribution in [-0.4, -0.2) is 35.2 Å². The summed E-state index contributed by atoms with van der Waals surface area (Å²) in [5.41, 5.74) is -1.65. The van der Waals surface area contributed by atoms with Crippen molar-refractivity contribution in [1.29, 1.82) is 0 Å². The van der Waals surface area contributed by atoms with Crippen molar-refractivity contribution in [1.82, 2.24) is 9.88 Å². The summed E-state index contributed by atoms with van der Waals surface area (Å²) >= 11 is 6.06. The minimum atomic E-state index is -4.67. The minimum absolute atomic E-state index is 0.147. The molecule has 2 aliphatic heterocycles. The highest BCUT2D eigenvalue weighted by Gasteiger charge is 2.65. The highest BCUT2D eigenvalue weighted by Crippen LogP contribution is 2.57. The fourth-order valence-electron chi connectivity index (χ4n) is 5.40. The van der Waals surface area contributed by atoms with E-state index in [1.54, 1.807) is 48.3 Å². The Balaban J connectivity index is 1.75. The number of aromatic nitrogens is 1. The monoisotopic (exact) mass is 485 g/mol. The van der Waals surface area contributed by atoms with Gasteiger partial charge in [0.1, 0.15) is 5.54 Å². The molecule has 174 valence electrons. The number of benzene rings is 2. The molecule has 1 unspecified atom stereocenters. The molecule has 1 aromatic heterocycles. The number of fused-ring (bicyclic) bond motifs is 2. The van der Waals surface area contributed by atoms with Crippen molar-refractivity contribution >= 4 is 29.0 Å². The van der Waals surface area contributed by atoms with Gasteiger partial charge in [-0.25, -0.2) is 0 Å². The number of rotatable bonds is 3. The number of ketones is 1. The zero-order valence-electron chi connectivity index (χ0n) is 17.9. The normalized spacial score (nSPS) is 24.3. The first-order valence-corrected chi connectivity index (χ1v) is 11.0. The average Bonchev–Trinajstić information content (AvgIpc) is 3.28. The van der Waals surface area contributed by atoms with Gasteiger partial charge in [0.05, 0.1) is 17.2 Å². The first kappa shape index (κ1) is 22.6. The van der Waals surface area contributed by atoms with Crippen LogP contribution in [0.15, 0.2) is 67.0 Å². The predicted molar refractivity (Wildman–Crippen MR) is 121 cm³/mol. The molecule has 1 N–H and O–H groups in total. The van der Waals surface area contributed by atoms with Crippen molar-refractivity contribution in [3.63, 3.8) is 0 Å². The summed E-state index contributed by atoms with van der Waals surface area (Å²) in [5, 5.41) is 2.98. The van der Waals surface area contributed by atoms with Gasteiger partial charge in [-0.15, -0.1) is 0 Å². The van der Waals surface area contributed by atoms with Crippen LogP contribution >= 0.6 is 11.6 Å². The Morgan fingerprint density at radius 3 is 2.53 bits per heavy atom. The fraction of sp³-hybridized carbons (Fsp3) is 0.240. The Hall–Kier alpha value is -3.23. The van der Waals surface area contributed by atoms with Crippen LogP contribution < -0.4 is 5.32 Å². The lowest BCUT2D eigenvalue weighted by atomic mass is 9.70. The van der Waals surface area contributed by atoms with Crippen molar-refractivity contribution in [2.75, 3.05) is 18.9 Å². The van der Waals surface area contributed by atoms with Gasteiger partial charge in [-0.2, -0.15) is 13.2 Å². The molecule has 1 fully saturated rings. The Morgan fingerprint density at radius 1 is 1.15 bits per heavy atom. The molecule has 2 aliphatic rings. The topological polar surface area (TPSA) is 62.3 Å². The van der Waals surface area contributed by atoms with E-state index in [4.69, 9.17) is 11.6 Å². The molecule has 5 rings (SSSR count). The van der Waals surface area contributed by atoms with Gasteiger partial charge in [-0.3, -0.25) is 19.5 Å². The summed E-state index contributed by atoms with van der Waals surface area (Å²) in [4.78, 5) is 33.3. The van der Waals surface area contributed by atoms with Crippen LogP contribution in [0.3, 0.4) is 0 Å². The molecule has 0 radical (unpaired) electrons. The Kier molecular flexibility index (Phi) is 5.26. The van der Waals surface area contributed by atoms with Gasteiger partial charge in [0, 0.05) is 41.0 Å². The van der Waals surface area contributed by atoms with Crippen LogP contribution in [-0.2, 0) is 16.5 Å². The minimum Gasteiger partial charge on any atom is -0.323 e. The SMILES string of the molecule is CN1C[C@H](c2ccc(Cl)cc2)C(C(=O)c2cccnc2)[C@]12C(=O)Nc1c(C(F)(F)F)cccc12. The molecule has 3 aromatic rings. The van der Waals surface area contributed by atoms with Crippen molar-refractivity contribution in [3.05, 3.63) is 94.3 Å². The van der Waals surface area contributed by atoms with E-state index in [0.29, 0.717) is 5.02 Å². The van der Waals surface area contributed by atoms with Crippen LogP contribution in [0.4, 0.5) is 18.9 Å². The molecule has 3 heterocycles. The van der Waals surface area contributed by atoms with E-state index >= 15 is 0 Å². The molecule has 5 nitrogen and oxygen atoms in total. The molecule has 0 aliphatic carbocycles. The van der Waals surface area contributed by atoms with E-state index in [0.717, 1.165) is 11.6 Å². The summed E-state index contributed by atoms with van der Waals surface area (Å²) in [5.74, 6) is -2.48. The van der Waals surface area contributed by atoms with Gasteiger partial charge < -0.3 is 5.32 Å². The van der Waals surface area contributed by atoms with Crippen LogP contribution in [0.25, 0.3) is 0 Å². The number of hydrogen-bond acceptors (Lipinski definition) is 4. The molecule has 2 aromatic carbocycles. The Labute approximate surface area is 198 Å². The highest BCUT2D eigenvalue weighted by atomic mass is 35.5. The molecule has 0 saturated carbocycles. The number of likely N-dealkylation sites (tertiary alicyclic amines) is 1. The second-order valence-electron chi connectivity index (χ2n) is 8.57. The van der Waals surface area contributed by atoms with Crippen LogP contribution in [0, 0.1) is 5.92 Å². The molecular weight excluding hydrogens is 467 g/mol. The number of carbonyl (C=O) groups excluding carboxylic acids is 2. The second-order valence-corrected chi connectivity index (χ2v) is 9.01. The summed E-state index contributed by atoms with van der Waals surface area (Å²) in [6, 6.07) is 13.9. The summed E-state index contributed by atoms with van der Waals surface area (Å²) < 4.78 is 41.4. The lowest BCUT2D eigenvalue weighted by Crippen LogP contribution is -2.51. The first-order chi connectivity index (χ1) is 16.2. The van der Waals surface area contributed by atoms with Gasteiger partial charge >= 0.3 is 6.18 Å². The van der Waals surface area contributed by atoms with Gasteiger partial charge in [-0.1, -0.05) is 35.9 Å². The van der Waals surface area contributed by atoms with E-state index in [-0.39, 0.29) is 29.1 Å². The number of halogens is 4. The molecule has 1 spiro atoms. The smallest absolute Gasteiger partial charge is 0.323 e. The zero-order chi connectivity index (χ0) is 24.3. The maximum absolute atomic E-state index is 13.9. The van der Waals surface area contributed by atoms with Crippen LogP contribution in [0.5, 0.6) is 0 Å². The van der Waals surface area contributed by atoms with Crippen LogP contribution in [0.2, 0.25) is 5.02 Å². The van der Waals surface area contributed by atoms with Gasteiger partial charge in [0.15, 0.2) is 5.78 Å². The Bertz CT molecular complexity index is 1280. The number of carbonyl (C=O) groups is 2.